The lowest BCUT2D eigenvalue weighted by Crippen LogP contribution is -2.30. The number of hydrogen-bond acceptors (Lipinski definition) is 2. The fourth-order valence-corrected chi connectivity index (χ4v) is 2.08. The molecule has 1 aromatic carbocycles. The summed E-state index contributed by atoms with van der Waals surface area (Å²) in [4.78, 5) is 0. The lowest BCUT2D eigenvalue weighted by molar-refractivity contribution is -0.149. The van der Waals surface area contributed by atoms with Gasteiger partial charge >= 0.3 is 6.18 Å². The maximum Gasteiger partial charge on any atom is 0.407 e. The molecule has 3 N–H and O–H groups in total. The number of hydrogen-bond donors (Lipinski definition) is 2. The zero-order valence-corrected chi connectivity index (χ0v) is 14.6. The Morgan fingerprint density at radius 3 is 1.73 bits per heavy atom. The summed E-state index contributed by atoms with van der Waals surface area (Å²) in [6.45, 7) is 11.3. The van der Waals surface area contributed by atoms with Gasteiger partial charge in [-0.05, 0) is 28.0 Å². The third kappa shape index (κ3) is 4.53. The van der Waals surface area contributed by atoms with Crippen LogP contribution in [0.3, 0.4) is 0 Å². The Labute approximate surface area is 136 Å². The molecule has 2 nitrogen and oxygen atoms in total. The van der Waals surface area contributed by atoms with Gasteiger partial charge in [0.15, 0.2) is 0 Å². The second-order valence-electron chi connectivity index (χ2n) is 7.48. The second kappa shape index (κ2) is 6.28. The second-order valence-corrected chi connectivity index (χ2v) is 7.48. The Kier molecular flexibility index (Phi) is 6.01. The number of phenolic OH excluding ortho intramolecular Hbond substituents is 1. The first kappa shape index (κ1) is 21.1. The highest BCUT2D eigenvalue weighted by atomic mass is 35.5. The Balaban J connectivity index is 0.00000441. The number of aromatic hydroxyl groups is 1. The standard InChI is InChI=1S/C16H24F3NO.ClH/c1-14(2,3)9-7-10(13(20)16(17,18)19)12(21)11(8-9)15(4,5)6;/h7-8,13,21H,20H2,1-6H3;1H/t13-;/m0./s1. The van der Waals surface area contributed by atoms with Gasteiger partial charge in [-0.1, -0.05) is 47.6 Å². The van der Waals surface area contributed by atoms with Crippen LogP contribution in [0, 0.1) is 0 Å². The van der Waals surface area contributed by atoms with Crippen LogP contribution in [0.2, 0.25) is 0 Å². The van der Waals surface area contributed by atoms with E-state index in [1.54, 1.807) is 6.07 Å². The van der Waals surface area contributed by atoms with Crippen molar-refractivity contribution in [3.63, 3.8) is 0 Å². The molecule has 0 unspecified atom stereocenters. The minimum Gasteiger partial charge on any atom is -0.507 e. The van der Waals surface area contributed by atoms with Crippen LogP contribution in [-0.2, 0) is 10.8 Å². The van der Waals surface area contributed by atoms with Crippen molar-refractivity contribution in [3.8, 4) is 5.75 Å². The van der Waals surface area contributed by atoms with Gasteiger partial charge in [0.1, 0.15) is 11.8 Å². The highest BCUT2D eigenvalue weighted by Gasteiger charge is 2.40. The third-order valence-corrected chi connectivity index (χ3v) is 3.50. The Bertz CT molecular complexity index is 528. The molecule has 0 fully saturated rings. The molecule has 1 aromatic rings. The Morgan fingerprint density at radius 1 is 0.955 bits per heavy atom. The van der Waals surface area contributed by atoms with E-state index >= 15 is 0 Å². The zero-order chi connectivity index (χ0) is 16.8. The van der Waals surface area contributed by atoms with E-state index in [1.807, 2.05) is 41.5 Å². The average molecular weight is 340 g/mol. The molecule has 0 spiro atoms. The van der Waals surface area contributed by atoms with E-state index < -0.39 is 17.6 Å². The fourth-order valence-electron chi connectivity index (χ4n) is 2.08. The van der Waals surface area contributed by atoms with E-state index in [0.717, 1.165) is 5.56 Å². The van der Waals surface area contributed by atoms with Crippen LogP contribution >= 0.6 is 12.4 Å². The molecule has 1 atom stereocenters. The Hall–Kier alpha value is -0.940. The summed E-state index contributed by atoms with van der Waals surface area (Å²) in [5.41, 5.74) is 5.43. The molecular weight excluding hydrogens is 315 g/mol. The van der Waals surface area contributed by atoms with Crippen LogP contribution in [0.4, 0.5) is 13.2 Å². The quantitative estimate of drug-likeness (QED) is 0.758. The van der Waals surface area contributed by atoms with Crippen molar-refractivity contribution < 1.29 is 18.3 Å². The van der Waals surface area contributed by atoms with Crippen molar-refractivity contribution in [1.82, 2.24) is 0 Å². The van der Waals surface area contributed by atoms with Gasteiger partial charge in [0.2, 0.25) is 0 Å². The van der Waals surface area contributed by atoms with Gasteiger partial charge in [-0.15, -0.1) is 12.4 Å². The molecular formula is C16H25ClF3NO. The zero-order valence-electron chi connectivity index (χ0n) is 13.8. The molecule has 0 aliphatic rings. The Morgan fingerprint density at radius 2 is 1.41 bits per heavy atom. The van der Waals surface area contributed by atoms with E-state index in [4.69, 9.17) is 5.73 Å². The van der Waals surface area contributed by atoms with Gasteiger partial charge in [-0.3, -0.25) is 0 Å². The van der Waals surface area contributed by atoms with Gasteiger partial charge < -0.3 is 10.8 Å². The molecule has 0 aliphatic carbocycles. The summed E-state index contributed by atoms with van der Waals surface area (Å²) in [6.07, 6.45) is -4.59. The van der Waals surface area contributed by atoms with E-state index in [-0.39, 0.29) is 29.1 Å². The van der Waals surface area contributed by atoms with Gasteiger partial charge in [0, 0.05) is 5.56 Å². The number of rotatable bonds is 1. The van der Waals surface area contributed by atoms with Gasteiger partial charge in [-0.2, -0.15) is 13.2 Å². The number of alkyl halides is 3. The molecule has 128 valence electrons. The molecule has 0 saturated carbocycles. The normalized spacial score (nSPS) is 14.5. The molecule has 0 aliphatic heterocycles. The molecule has 0 aromatic heterocycles. The average Bonchev–Trinajstić information content (AvgIpc) is 2.23. The minimum absolute atomic E-state index is 0. The molecule has 22 heavy (non-hydrogen) atoms. The van der Waals surface area contributed by atoms with Crippen molar-refractivity contribution >= 4 is 12.4 Å². The monoisotopic (exact) mass is 339 g/mol. The van der Waals surface area contributed by atoms with E-state index in [9.17, 15) is 18.3 Å². The predicted octanol–water partition coefficient (Wildman–Crippen LogP) is 4.97. The van der Waals surface area contributed by atoms with Crippen molar-refractivity contribution in [2.45, 2.75) is 64.6 Å². The van der Waals surface area contributed by atoms with Crippen LogP contribution < -0.4 is 5.73 Å². The summed E-state index contributed by atoms with van der Waals surface area (Å²) in [5.74, 6) is -0.361. The summed E-state index contributed by atoms with van der Waals surface area (Å²) in [7, 11) is 0. The molecule has 0 bridgehead atoms. The van der Waals surface area contributed by atoms with Crippen LogP contribution in [0.25, 0.3) is 0 Å². The van der Waals surface area contributed by atoms with E-state index in [2.05, 4.69) is 0 Å². The van der Waals surface area contributed by atoms with Crippen molar-refractivity contribution in [3.05, 3.63) is 28.8 Å². The number of nitrogens with two attached hydrogens (primary N) is 1. The molecule has 0 saturated heterocycles. The molecule has 0 radical (unpaired) electrons. The fraction of sp³-hybridized carbons (Fsp3) is 0.625. The SMILES string of the molecule is CC(C)(C)c1cc([C@H](N)C(F)(F)F)c(O)c(C(C)(C)C)c1.Cl. The van der Waals surface area contributed by atoms with Crippen LogP contribution in [0.15, 0.2) is 12.1 Å². The first-order valence-corrected chi connectivity index (χ1v) is 6.86. The van der Waals surface area contributed by atoms with Crippen LogP contribution in [-0.4, -0.2) is 11.3 Å². The first-order valence-electron chi connectivity index (χ1n) is 6.86. The maximum absolute atomic E-state index is 12.9. The third-order valence-electron chi connectivity index (χ3n) is 3.50. The largest absolute Gasteiger partial charge is 0.507 e. The number of phenols is 1. The van der Waals surface area contributed by atoms with Gasteiger partial charge in [-0.25, -0.2) is 0 Å². The lowest BCUT2D eigenvalue weighted by atomic mass is 9.78. The summed E-state index contributed by atoms with van der Waals surface area (Å²) in [6, 6.07) is 0.936. The summed E-state index contributed by atoms with van der Waals surface area (Å²) >= 11 is 0. The highest BCUT2D eigenvalue weighted by Crippen LogP contribution is 2.42. The van der Waals surface area contributed by atoms with Gasteiger partial charge in [0.05, 0.1) is 0 Å². The minimum atomic E-state index is -4.59. The molecule has 1 rings (SSSR count). The highest BCUT2D eigenvalue weighted by molar-refractivity contribution is 5.85. The van der Waals surface area contributed by atoms with Crippen LogP contribution in [0.1, 0.15) is 64.3 Å². The summed E-state index contributed by atoms with van der Waals surface area (Å²) < 4.78 is 38.8. The molecule has 0 amide bonds. The smallest absolute Gasteiger partial charge is 0.407 e. The number of halogens is 4. The van der Waals surface area contributed by atoms with Crippen LogP contribution in [0.5, 0.6) is 5.75 Å². The van der Waals surface area contributed by atoms with Gasteiger partial charge in [0.25, 0.3) is 0 Å². The van der Waals surface area contributed by atoms with Crippen molar-refractivity contribution in [2.24, 2.45) is 5.73 Å². The van der Waals surface area contributed by atoms with Crippen molar-refractivity contribution in [1.29, 1.82) is 0 Å². The maximum atomic E-state index is 12.9. The molecule has 6 heteroatoms. The van der Waals surface area contributed by atoms with Crippen molar-refractivity contribution in [2.75, 3.05) is 0 Å². The first-order chi connectivity index (χ1) is 9.15. The predicted molar refractivity (Wildman–Crippen MR) is 85.7 cm³/mol. The molecule has 0 heterocycles. The topological polar surface area (TPSA) is 46.2 Å². The lowest BCUT2D eigenvalue weighted by Gasteiger charge is -2.29. The number of benzene rings is 1. The van der Waals surface area contributed by atoms with E-state index in [0.29, 0.717) is 5.56 Å². The van der Waals surface area contributed by atoms with E-state index in [1.165, 1.54) is 6.07 Å². The summed E-state index contributed by atoms with van der Waals surface area (Å²) in [5, 5.41) is 10.3.